The molecule has 30 heavy (non-hydrogen) atoms. The van der Waals surface area contributed by atoms with Crippen LogP contribution < -0.4 is 20.1 Å². The van der Waals surface area contributed by atoms with Crippen LogP contribution in [0.3, 0.4) is 0 Å². The van der Waals surface area contributed by atoms with Gasteiger partial charge in [-0.1, -0.05) is 24.3 Å². The Morgan fingerprint density at radius 3 is 2.10 bits per heavy atom. The van der Waals surface area contributed by atoms with E-state index in [2.05, 4.69) is 29.7 Å². The summed E-state index contributed by atoms with van der Waals surface area (Å²) in [6, 6.07) is 16.4. The van der Waals surface area contributed by atoms with E-state index in [0.29, 0.717) is 6.54 Å². The highest BCUT2D eigenvalue weighted by Crippen LogP contribution is 2.35. The van der Waals surface area contributed by atoms with E-state index in [1.165, 1.54) is 5.56 Å². The molecule has 1 fully saturated rings. The standard InChI is InChI=1S/C24H33N3O3/c1-4-25-23(26-17-19-5-9-21(28-2)10-6-19)27-18-24(13-15-30-16-14-24)20-7-11-22(29-3)12-8-20/h5-12H,4,13-18H2,1-3H3,(H2,25,26,27). The summed E-state index contributed by atoms with van der Waals surface area (Å²) in [6.45, 7) is 5.85. The number of guanidine groups is 1. The minimum Gasteiger partial charge on any atom is -0.497 e. The quantitative estimate of drug-likeness (QED) is 0.514. The maximum atomic E-state index is 5.66. The van der Waals surface area contributed by atoms with E-state index < -0.39 is 0 Å². The zero-order valence-electron chi connectivity index (χ0n) is 18.2. The van der Waals surface area contributed by atoms with Crippen molar-refractivity contribution < 1.29 is 14.2 Å². The highest BCUT2D eigenvalue weighted by atomic mass is 16.5. The lowest BCUT2D eigenvalue weighted by Crippen LogP contribution is -2.48. The van der Waals surface area contributed by atoms with Crippen LogP contribution in [0, 0.1) is 0 Å². The molecule has 3 rings (SSSR count). The number of nitrogens with one attached hydrogen (secondary N) is 2. The Bertz CT molecular complexity index is 797. The van der Waals surface area contributed by atoms with Crippen molar-refractivity contribution in [2.75, 3.05) is 40.5 Å². The predicted molar refractivity (Wildman–Crippen MR) is 121 cm³/mol. The molecule has 6 heteroatoms. The molecule has 0 aromatic heterocycles. The van der Waals surface area contributed by atoms with Gasteiger partial charge in [-0.3, -0.25) is 0 Å². The van der Waals surface area contributed by atoms with Crippen molar-refractivity contribution in [1.29, 1.82) is 0 Å². The molecule has 2 aromatic rings. The van der Waals surface area contributed by atoms with Crippen LogP contribution in [0.15, 0.2) is 53.5 Å². The Labute approximate surface area is 179 Å². The zero-order valence-corrected chi connectivity index (χ0v) is 18.2. The third kappa shape index (κ3) is 5.66. The van der Waals surface area contributed by atoms with Gasteiger partial charge in [0.1, 0.15) is 11.5 Å². The molecule has 1 aliphatic heterocycles. The van der Waals surface area contributed by atoms with Crippen LogP contribution in [0.5, 0.6) is 11.5 Å². The summed E-state index contributed by atoms with van der Waals surface area (Å²) in [6.07, 6.45) is 1.95. The van der Waals surface area contributed by atoms with Gasteiger partial charge in [-0.25, -0.2) is 4.99 Å². The largest absolute Gasteiger partial charge is 0.497 e. The fourth-order valence-electron chi connectivity index (χ4n) is 3.77. The smallest absolute Gasteiger partial charge is 0.191 e. The number of benzene rings is 2. The summed E-state index contributed by atoms with van der Waals surface area (Å²) in [4.78, 5) is 4.78. The van der Waals surface area contributed by atoms with Crippen molar-refractivity contribution in [1.82, 2.24) is 10.6 Å². The van der Waals surface area contributed by atoms with Gasteiger partial charge in [-0.2, -0.15) is 0 Å². The predicted octanol–water partition coefficient (Wildman–Crippen LogP) is 3.51. The molecule has 162 valence electrons. The summed E-state index contributed by atoms with van der Waals surface area (Å²) >= 11 is 0. The van der Waals surface area contributed by atoms with E-state index in [4.69, 9.17) is 19.2 Å². The van der Waals surface area contributed by atoms with Crippen LogP contribution in [0.4, 0.5) is 0 Å². The molecule has 1 heterocycles. The Hall–Kier alpha value is -2.73. The summed E-state index contributed by atoms with van der Waals surface area (Å²) in [7, 11) is 3.37. The second kappa shape index (κ2) is 10.9. The number of hydrogen-bond acceptors (Lipinski definition) is 4. The minimum absolute atomic E-state index is 0.0147. The molecule has 6 nitrogen and oxygen atoms in total. The van der Waals surface area contributed by atoms with Gasteiger partial charge >= 0.3 is 0 Å². The second-order valence-corrected chi connectivity index (χ2v) is 7.52. The van der Waals surface area contributed by atoms with Gasteiger partial charge in [0.15, 0.2) is 5.96 Å². The topological polar surface area (TPSA) is 64.1 Å². The molecule has 2 aromatic carbocycles. The molecule has 0 aliphatic carbocycles. The average molecular weight is 412 g/mol. The first-order valence-electron chi connectivity index (χ1n) is 10.6. The van der Waals surface area contributed by atoms with Crippen LogP contribution in [-0.4, -0.2) is 46.5 Å². The lowest BCUT2D eigenvalue weighted by molar-refractivity contribution is 0.0513. The third-order valence-electron chi connectivity index (χ3n) is 5.67. The molecule has 0 radical (unpaired) electrons. The van der Waals surface area contributed by atoms with E-state index in [1.54, 1.807) is 14.2 Å². The maximum Gasteiger partial charge on any atom is 0.191 e. The molecule has 0 unspecified atom stereocenters. The van der Waals surface area contributed by atoms with Crippen molar-refractivity contribution in [2.45, 2.75) is 31.7 Å². The second-order valence-electron chi connectivity index (χ2n) is 7.52. The Morgan fingerprint density at radius 1 is 0.933 bits per heavy atom. The van der Waals surface area contributed by atoms with E-state index in [-0.39, 0.29) is 5.41 Å². The lowest BCUT2D eigenvalue weighted by Gasteiger charge is -2.38. The first-order valence-corrected chi connectivity index (χ1v) is 10.6. The fraction of sp³-hybridized carbons (Fsp3) is 0.458. The van der Waals surface area contributed by atoms with Crippen LogP contribution in [0.1, 0.15) is 30.9 Å². The molecule has 1 aliphatic rings. The van der Waals surface area contributed by atoms with Crippen molar-refractivity contribution in [2.24, 2.45) is 4.99 Å². The summed E-state index contributed by atoms with van der Waals surface area (Å²) in [5, 5.41) is 6.94. The number of hydrogen-bond donors (Lipinski definition) is 2. The summed E-state index contributed by atoms with van der Waals surface area (Å²) < 4.78 is 16.2. The van der Waals surface area contributed by atoms with Gasteiger partial charge in [0.2, 0.25) is 0 Å². The van der Waals surface area contributed by atoms with Gasteiger partial charge in [0.25, 0.3) is 0 Å². The summed E-state index contributed by atoms with van der Waals surface area (Å²) in [5.74, 6) is 2.56. The number of aliphatic imine (C=N–C) groups is 1. The SMILES string of the molecule is CCNC(=NCc1ccc(OC)cc1)NCC1(c2ccc(OC)cc2)CCOCC1. The number of methoxy groups -OCH3 is 2. The Morgan fingerprint density at radius 2 is 1.53 bits per heavy atom. The average Bonchev–Trinajstić information content (AvgIpc) is 2.82. The van der Waals surface area contributed by atoms with Gasteiger partial charge in [0, 0.05) is 31.7 Å². The van der Waals surface area contributed by atoms with Gasteiger partial charge in [-0.15, -0.1) is 0 Å². The molecule has 0 bridgehead atoms. The Kier molecular flexibility index (Phi) is 7.97. The molecule has 2 N–H and O–H groups in total. The van der Waals surface area contributed by atoms with Gasteiger partial charge in [-0.05, 0) is 55.2 Å². The number of rotatable bonds is 8. The van der Waals surface area contributed by atoms with Crippen LogP contribution in [0.25, 0.3) is 0 Å². The van der Waals surface area contributed by atoms with Gasteiger partial charge < -0.3 is 24.8 Å². The fourth-order valence-corrected chi connectivity index (χ4v) is 3.77. The normalized spacial score (nSPS) is 16.0. The number of ether oxygens (including phenoxy) is 3. The van der Waals surface area contributed by atoms with E-state index >= 15 is 0 Å². The molecule has 1 saturated heterocycles. The maximum absolute atomic E-state index is 5.66. The molecule has 0 spiro atoms. The molecular weight excluding hydrogens is 378 g/mol. The molecular formula is C24H33N3O3. The van der Waals surface area contributed by atoms with E-state index in [9.17, 15) is 0 Å². The number of nitrogens with zero attached hydrogens (tertiary/aromatic N) is 1. The van der Waals surface area contributed by atoms with Crippen LogP contribution in [0.2, 0.25) is 0 Å². The highest BCUT2D eigenvalue weighted by molar-refractivity contribution is 5.79. The van der Waals surface area contributed by atoms with Crippen molar-refractivity contribution in [3.05, 3.63) is 59.7 Å². The minimum atomic E-state index is 0.0147. The first-order chi connectivity index (χ1) is 14.7. The summed E-state index contributed by atoms with van der Waals surface area (Å²) in [5.41, 5.74) is 2.47. The third-order valence-corrected chi connectivity index (χ3v) is 5.67. The zero-order chi connectivity index (χ0) is 21.2. The van der Waals surface area contributed by atoms with Crippen LogP contribution >= 0.6 is 0 Å². The molecule has 0 saturated carbocycles. The Balaban J connectivity index is 1.71. The van der Waals surface area contributed by atoms with Crippen molar-refractivity contribution in [3.63, 3.8) is 0 Å². The highest BCUT2D eigenvalue weighted by Gasteiger charge is 2.34. The van der Waals surface area contributed by atoms with E-state index in [1.807, 2.05) is 36.4 Å². The monoisotopic (exact) mass is 411 g/mol. The molecule has 0 atom stereocenters. The van der Waals surface area contributed by atoms with Crippen LogP contribution in [-0.2, 0) is 16.7 Å². The van der Waals surface area contributed by atoms with E-state index in [0.717, 1.165) is 62.2 Å². The molecule has 0 amide bonds. The van der Waals surface area contributed by atoms with Crippen molar-refractivity contribution >= 4 is 5.96 Å². The lowest BCUT2D eigenvalue weighted by atomic mass is 9.74. The van der Waals surface area contributed by atoms with Crippen molar-refractivity contribution in [3.8, 4) is 11.5 Å². The van der Waals surface area contributed by atoms with Gasteiger partial charge in [0.05, 0.1) is 20.8 Å². The first kappa shape index (κ1) is 22.0.